The average Bonchev–Trinajstić information content (AvgIpc) is 2.81. The quantitative estimate of drug-likeness (QED) is 0.803. The molecule has 0 aliphatic carbocycles. The van der Waals surface area contributed by atoms with Gasteiger partial charge in [-0.2, -0.15) is 0 Å². The first-order chi connectivity index (χ1) is 10.1. The van der Waals surface area contributed by atoms with Gasteiger partial charge < -0.3 is 9.47 Å². The van der Waals surface area contributed by atoms with E-state index in [4.69, 9.17) is 9.47 Å². The lowest BCUT2D eigenvalue weighted by molar-refractivity contribution is -0.154. The van der Waals surface area contributed by atoms with E-state index in [2.05, 4.69) is 26.0 Å². The fourth-order valence-electron chi connectivity index (χ4n) is 2.76. The van der Waals surface area contributed by atoms with Crippen molar-refractivity contribution in [2.45, 2.75) is 25.6 Å². The van der Waals surface area contributed by atoms with E-state index >= 15 is 0 Å². The molecule has 3 heteroatoms. The zero-order valence-corrected chi connectivity index (χ0v) is 12.4. The molecule has 1 aliphatic heterocycles. The van der Waals surface area contributed by atoms with Crippen LogP contribution in [-0.2, 0) is 15.3 Å². The molecular weight excluding hydrogens is 264 g/mol. The summed E-state index contributed by atoms with van der Waals surface area (Å²) in [5, 5.41) is 0. The summed E-state index contributed by atoms with van der Waals surface area (Å²) in [6.45, 7) is 4.29. The summed E-state index contributed by atoms with van der Waals surface area (Å²) >= 11 is 0. The summed E-state index contributed by atoms with van der Waals surface area (Å²) in [7, 11) is 1.56. The Bertz CT molecular complexity index is 673. The molecule has 0 N–H and O–H groups in total. The third-order valence-electron chi connectivity index (χ3n) is 3.98. The van der Waals surface area contributed by atoms with Gasteiger partial charge in [0.15, 0.2) is 0 Å². The van der Waals surface area contributed by atoms with Crippen molar-refractivity contribution in [3.63, 3.8) is 0 Å². The number of esters is 1. The van der Waals surface area contributed by atoms with Crippen molar-refractivity contribution in [2.24, 2.45) is 0 Å². The van der Waals surface area contributed by atoms with Crippen molar-refractivity contribution in [1.82, 2.24) is 0 Å². The molecule has 3 rings (SSSR count). The van der Waals surface area contributed by atoms with Gasteiger partial charge in [0.2, 0.25) is 0 Å². The van der Waals surface area contributed by atoms with Gasteiger partial charge in [-0.05, 0) is 17.5 Å². The number of cyclic esters (lactones) is 1. The van der Waals surface area contributed by atoms with Crippen LogP contribution in [0.15, 0.2) is 48.5 Å². The van der Waals surface area contributed by atoms with Crippen molar-refractivity contribution in [3.05, 3.63) is 70.8 Å². The van der Waals surface area contributed by atoms with Crippen LogP contribution in [0.4, 0.5) is 0 Å². The number of hydrogen-bond acceptors (Lipinski definition) is 3. The molecule has 0 saturated heterocycles. The molecular formula is C18H18O3. The maximum Gasteiger partial charge on any atom is 0.341 e. The fourth-order valence-corrected chi connectivity index (χ4v) is 2.76. The second-order valence-electron chi connectivity index (χ2n) is 5.53. The summed E-state index contributed by atoms with van der Waals surface area (Å²) in [6, 6.07) is 15.4. The SMILES string of the molecule is COC1(c2ccc(C(C)C)cc2)OC(=O)c2ccccc21. The van der Waals surface area contributed by atoms with Gasteiger partial charge in [0, 0.05) is 18.2 Å². The fraction of sp³-hybridized carbons (Fsp3) is 0.278. The van der Waals surface area contributed by atoms with Crippen LogP contribution in [0.25, 0.3) is 0 Å². The predicted molar refractivity (Wildman–Crippen MR) is 80.2 cm³/mol. The minimum absolute atomic E-state index is 0.347. The summed E-state index contributed by atoms with van der Waals surface area (Å²) in [5.74, 6) is -1.03. The summed E-state index contributed by atoms with van der Waals surface area (Å²) in [6.07, 6.45) is 0. The molecule has 21 heavy (non-hydrogen) atoms. The maximum absolute atomic E-state index is 12.1. The van der Waals surface area contributed by atoms with Gasteiger partial charge in [0.1, 0.15) is 0 Å². The van der Waals surface area contributed by atoms with Crippen LogP contribution in [-0.4, -0.2) is 13.1 Å². The van der Waals surface area contributed by atoms with Gasteiger partial charge in [-0.1, -0.05) is 56.3 Å². The topological polar surface area (TPSA) is 35.5 Å². The molecule has 2 aromatic rings. The Hall–Kier alpha value is -2.13. The van der Waals surface area contributed by atoms with Crippen LogP contribution in [0, 0.1) is 0 Å². The van der Waals surface area contributed by atoms with Gasteiger partial charge in [-0.15, -0.1) is 0 Å². The molecule has 1 heterocycles. The molecule has 0 spiro atoms. The zero-order chi connectivity index (χ0) is 15.0. The Morgan fingerprint density at radius 1 is 1.05 bits per heavy atom. The molecule has 1 unspecified atom stereocenters. The van der Waals surface area contributed by atoms with Gasteiger partial charge in [-0.3, -0.25) is 0 Å². The first kappa shape index (κ1) is 13.8. The lowest BCUT2D eigenvalue weighted by atomic mass is 9.93. The van der Waals surface area contributed by atoms with Crippen molar-refractivity contribution >= 4 is 5.97 Å². The molecule has 0 bridgehead atoms. The molecule has 1 aliphatic rings. The van der Waals surface area contributed by atoms with Crippen LogP contribution in [0.1, 0.15) is 46.8 Å². The second-order valence-corrected chi connectivity index (χ2v) is 5.53. The lowest BCUT2D eigenvalue weighted by Gasteiger charge is -2.27. The molecule has 0 saturated carbocycles. The number of ether oxygens (including phenoxy) is 2. The first-order valence-electron chi connectivity index (χ1n) is 7.07. The van der Waals surface area contributed by atoms with Crippen molar-refractivity contribution in [2.75, 3.05) is 7.11 Å². The highest BCUT2D eigenvalue weighted by atomic mass is 16.7. The van der Waals surface area contributed by atoms with Crippen molar-refractivity contribution < 1.29 is 14.3 Å². The molecule has 2 aromatic carbocycles. The van der Waals surface area contributed by atoms with Crippen molar-refractivity contribution in [1.29, 1.82) is 0 Å². The Labute approximate surface area is 124 Å². The Morgan fingerprint density at radius 3 is 2.33 bits per heavy atom. The third kappa shape index (κ3) is 2.05. The molecule has 0 fully saturated rings. The van der Waals surface area contributed by atoms with E-state index in [0.717, 1.165) is 11.1 Å². The second kappa shape index (κ2) is 5.01. The van der Waals surface area contributed by atoms with Crippen LogP contribution in [0.3, 0.4) is 0 Å². The number of benzene rings is 2. The number of rotatable bonds is 3. The van der Waals surface area contributed by atoms with E-state index in [9.17, 15) is 4.79 Å². The Morgan fingerprint density at radius 2 is 1.71 bits per heavy atom. The van der Waals surface area contributed by atoms with Gasteiger partial charge in [0.05, 0.1) is 5.56 Å². The largest absolute Gasteiger partial charge is 0.420 e. The van der Waals surface area contributed by atoms with E-state index in [1.165, 1.54) is 5.56 Å². The van der Waals surface area contributed by atoms with E-state index in [1.807, 2.05) is 30.3 Å². The summed E-state index contributed by atoms with van der Waals surface area (Å²) in [4.78, 5) is 12.1. The molecule has 3 nitrogen and oxygen atoms in total. The number of methoxy groups -OCH3 is 1. The number of hydrogen-bond donors (Lipinski definition) is 0. The van der Waals surface area contributed by atoms with E-state index in [0.29, 0.717) is 11.5 Å². The van der Waals surface area contributed by atoms with E-state index < -0.39 is 5.79 Å². The number of carbonyl (C=O) groups is 1. The van der Waals surface area contributed by atoms with Crippen LogP contribution >= 0.6 is 0 Å². The van der Waals surface area contributed by atoms with Crippen molar-refractivity contribution in [3.8, 4) is 0 Å². The zero-order valence-electron chi connectivity index (χ0n) is 12.4. The Kier molecular flexibility index (Phi) is 3.30. The lowest BCUT2D eigenvalue weighted by Crippen LogP contribution is -2.30. The highest BCUT2D eigenvalue weighted by molar-refractivity contribution is 5.95. The molecule has 0 aromatic heterocycles. The minimum atomic E-state index is -1.14. The molecule has 0 amide bonds. The monoisotopic (exact) mass is 282 g/mol. The van der Waals surface area contributed by atoms with Gasteiger partial charge >= 0.3 is 5.97 Å². The van der Waals surface area contributed by atoms with Gasteiger partial charge in [0.25, 0.3) is 5.79 Å². The summed E-state index contributed by atoms with van der Waals surface area (Å²) in [5.41, 5.74) is 3.39. The maximum atomic E-state index is 12.1. The Balaban J connectivity index is 2.12. The highest BCUT2D eigenvalue weighted by Gasteiger charge is 2.47. The van der Waals surface area contributed by atoms with Crippen LogP contribution in [0.2, 0.25) is 0 Å². The minimum Gasteiger partial charge on any atom is -0.420 e. The average molecular weight is 282 g/mol. The van der Waals surface area contributed by atoms with E-state index in [-0.39, 0.29) is 5.97 Å². The van der Waals surface area contributed by atoms with Gasteiger partial charge in [-0.25, -0.2) is 4.79 Å². The number of carbonyl (C=O) groups excluding carboxylic acids is 1. The first-order valence-corrected chi connectivity index (χ1v) is 7.07. The highest BCUT2D eigenvalue weighted by Crippen LogP contribution is 2.42. The number of fused-ring (bicyclic) bond motifs is 1. The molecule has 1 atom stereocenters. The molecule has 0 radical (unpaired) electrons. The normalized spacial score (nSPS) is 20.5. The van der Waals surface area contributed by atoms with E-state index in [1.54, 1.807) is 13.2 Å². The standard InChI is InChI=1S/C18H18O3/c1-12(2)13-8-10-14(11-9-13)18(20-3)16-7-5-4-6-15(16)17(19)21-18/h4-12H,1-3H3. The third-order valence-corrected chi connectivity index (χ3v) is 3.98. The molecule has 108 valence electrons. The predicted octanol–water partition coefficient (Wildman–Crippen LogP) is 3.83. The van der Waals surface area contributed by atoms with Crippen LogP contribution < -0.4 is 0 Å². The summed E-state index contributed by atoms with van der Waals surface area (Å²) < 4.78 is 11.2. The smallest absolute Gasteiger partial charge is 0.341 e. The van der Waals surface area contributed by atoms with Crippen LogP contribution in [0.5, 0.6) is 0 Å².